The van der Waals surface area contributed by atoms with Crippen LogP contribution < -0.4 is 10.1 Å². The molecule has 12 heteroatoms. The van der Waals surface area contributed by atoms with E-state index < -0.39 is 35.3 Å². The number of furan rings is 1. The van der Waals surface area contributed by atoms with E-state index in [1.54, 1.807) is 12.1 Å². The Hall–Kier alpha value is -2.48. The number of alkyl halides is 3. The van der Waals surface area contributed by atoms with Crippen LogP contribution in [0.3, 0.4) is 0 Å². The van der Waals surface area contributed by atoms with Crippen molar-refractivity contribution in [2.24, 2.45) is 0 Å². The number of thioether (sulfide) groups is 1. The molecule has 2 aromatic rings. The molecule has 0 saturated carbocycles. The zero-order valence-corrected chi connectivity index (χ0v) is 18.1. The number of carbonyl (C=O) groups is 3. The van der Waals surface area contributed by atoms with Gasteiger partial charge in [0.1, 0.15) is 18.1 Å². The van der Waals surface area contributed by atoms with E-state index >= 15 is 0 Å². The first kappa shape index (κ1) is 22.2. The van der Waals surface area contributed by atoms with Gasteiger partial charge in [-0.1, -0.05) is 0 Å². The van der Waals surface area contributed by atoms with Crippen molar-refractivity contribution >= 4 is 63.2 Å². The second-order valence-corrected chi connectivity index (χ2v) is 7.93. The molecule has 3 rings (SSSR count). The zero-order valence-electron chi connectivity index (χ0n) is 15.1. The van der Waals surface area contributed by atoms with E-state index in [9.17, 15) is 27.6 Å². The van der Waals surface area contributed by atoms with Crippen LogP contribution in [0, 0.1) is 3.77 Å². The van der Waals surface area contributed by atoms with E-state index in [2.05, 4.69) is 5.32 Å². The topological polar surface area (TPSA) is 88.8 Å². The van der Waals surface area contributed by atoms with Gasteiger partial charge < -0.3 is 14.5 Å². The molecule has 7 nitrogen and oxygen atoms in total. The van der Waals surface area contributed by atoms with Gasteiger partial charge in [0.2, 0.25) is 5.91 Å². The van der Waals surface area contributed by atoms with Crippen LogP contribution in [-0.2, 0) is 15.8 Å². The van der Waals surface area contributed by atoms with Gasteiger partial charge in [0.05, 0.1) is 23.3 Å². The van der Waals surface area contributed by atoms with Crippen molar-refractivity contribution in [3.8, 4) is 5.75 Å². The Morgan fingerprint density at radius 3 is 2.63 bits per heavy atom. The molecule has 0 bridgehead atoms. The highest BCUT2D eigenvalue weighted by atomic mass is 127. The number of amides is 3. The summed E-state index contributed by atoms with van der Waals surface area (Å²) in [5.41, 5.74) is -1.22. The summed E-state index contributed by atoms with van der Waals surface area (Å²) < 4.78 is 49.6. The maximum absolute atomic E-state index is 12.9. The van der Waals surface area contributed by atoms with Crippen molar-refractivity contribution in [2.45, 2.75) is 6.18 Å². The van der Waals surface area contributed by atoms with Crippen LogP contribution in [0.2, 0.25) is 0 Å². The van der Waals surface area contributed by atoms with Gasteiger partial charge in [-0.05, 0) is 64.7 Å². The Bertz CT molecular complexity index is 1050. The van der Waals surface area contributed by atoms with Gasteiger partial charge in [-0.2, -0.15) is 13.2 Å². The molecule has 0 spiro atoms. The van der Waals surface area contributed by atoms with Gasteiger partial charge in [0.25, 0.3) is 11.1 Å². The number of hydrogen-bond donors (Lipinski definition) is 1. The summed E-state index contributed by atoms with van der Waals surface area (Å²) in [6.45, 7) is -0.670. The summed E-state index contributed by atoms with van der Waals surface area (Å²) >= 11 is 2.57. The smallest absolute Gasteiger partial charge is 0.416 e. The molecular formula is C18H12F3IN2O5S. The lowest BCUT2D eigenvalue weighted by atomic mass is 10.1. The van der Waals surface area contributed by atoms with Gasteiger partial charge in [0, 0.05) is 6.08 Å². The molecule has 1 saturated heterocycles. The number of carbonyl (C=O) groups excluding carboxylic acids is 3. The lowest BCUT2D eigenvalue weighted by Gasteiger charge is -2.16. The molecule has 0 atom stereocenters. The SMILES string of the molecule is COc1ccc(C(F)(F)F)cc1NC(=O)CN1C(=O)S/C(=C/c2ccc(I)o2)C1=O. The number of nitrogens with zero attached hydrogens (tertiary/aromatic N) is 1. The van der Waals surface area contributed by atoms with E-state index in [1.807, 2.05) is 22.6 Å². The predicted octanol–water partition coefficient (Wildman–Crippen LogP) is 4.59. The summed E-state index contributed by atoms with van der Waals surface area (Å²) in [6.07, 6.45) is -3.24. The second-order valence-electron chi connectivity index (χ2n) is 5.87. The minimum Gasteiger partial charge on any atom is -0.495 e. The highest BCUT2D eigenvalue weighted by molar-refractivity contribution is 14.1. The molecule has 0 radical (unpaired) electrons. The Morgan fingerprint density at radius 2 is 2.03 bits per heavy atom. The molecule has 0 unspecified atom stereocenters. The van der Waals surface area contributed by atoms with Crippen LogP contribution in [0.15, 0.2) is 39.7 Å². The van der Waals surface area contributed by atoms with Crippen molar-refractivity contribution in [1.29, 1.82) is 0 Å². The molecule has 2 heterocycles. The van der Waals surface area contributed by atoms with Crippen molar-refractivity contribution in [3.63, 3.8) is 0 Å². The maximum atomic E-state index is 12.9. The molecule has 1 aliphatic heterocycles. The average molecular weight is 552 g/mol. The normalized spacial score (nSPS) is 15.8. The number of anilines is 1. The minimum atomic E-state index is -4.62. The van der Waals surface area contributed by atoms with Crippen LogP contribution >= 0.6 is 34.4 Å². The Labute approximate surface area is 185 Å². The van der Waals surface area contributed by atoms with E-state index in [1.165, 1.54) is 13.2 Å². The summed E-state index contributed by atoms with van der Waals surface area (Å²) in [7, 11) is 1.23. The zero-order chi connectivity index (χ0) is 22.1. The highest BCUT2D eigenvalue weighted by Gasteiger charge is 2.37. The molecule has 3 amide bonds. The fourth-order valence-corrected chi connectivity index (χ4v) is 3.74. The first-order valence-electron chi connectivity index (χ1n) is 8.14. The van der Waals surface area contributed by atoms with Crippen molar-refractivity contribution in [3.05, 3.63) is 50.3 Å². The summed E-state index contributed by atoms with van der Waals surface area (Å²) in [5.74, 6) is -1.20. The van der Waals surface area contributed by atoms with Crippen LogP contribution in [0.5, 0.6) is 5.75 Å². The van der Waals surface area contributed by atoms with Gasteiger partial charge in [-0.25, -0.2) is 0 Å². The first-order chi connectivity index (χ1) is 14.1. The predicted molar refractivity (Wildman–Crippen MR) is 111 cm³/mol. The molecule has 1 fully saturated rings. The van der Waals surface area contributed by atoms with Crippen molar-refractivity contribution in [2.75, 3.05) is 19.0 Å². The maximum Gasteiger partial charge on any atom is 0.416 e. The van der Waals surface area contributed by atoms with Crippen LogP contribution in [0.4, 0.5) is 23.7 Å². The number of ether oxygens (including phenoxy) is 1. The Morgan fingerprint density at radius 1 is 1.30 bits per heavy atom. The highest BCUT2D eigenvalue weighted by Crippen LogP contribution is 2.35. The standard InChI is InChI=1S/C18H12F3IN2O5S/c1-28-12-4-2-9(18(19,20)21)6-11(12)23-15(25)8-24-16(26)13(30-17(24)27)7-10-3-5-14(22)29-10/h2-7H,8H2,1H3,(H,23,25)/b13-7+. The Kier molecular flexibility index (Phi) is 6.45. The monoisotopic (exact) mass is 552 g/mol. The number of halogens is 4. The second kappa shape index (κ2) is 8.71. The molecule has 1 aromatic heterocycles. The molecule has 158 valence electrons. The number of nitrogens with one attached hydrogen (secondary N) is 1. The quantitative estimate of drug-likeness (QED) is 0.432. The van der Waals surface area contributed by atoms with Gasteiger partial charge >= 0.3 is 6.18 Å². The van der Waals surface area contributed by atoms with Crippen LogP contribution in [-0.4, -0.2) is 35.6 Å². The lowest BCUT2D eigenvalue weighted by Crippen LogP contribution is -2.36. The third-order valence-corrected chi connectivity index (χ3v) is 5.33. The fourth-order valence-electron chi connectivity index (χ4n) is 2.49. The lowest BCUT2D eigenvalue weighted by molar-refractivity contribution is -0.137. The van der Waals surface area contributed by atoms with Crippen molar-refractivity contribution in [1.82, 2.24) is 4.90 Å². The summed E-state index contributed by atoms with van der Waals surface area (Å²) in [5, 5.41) is 1.57. The number of hydrogen-bond acceptors (Lipinski definition) is 6. The largest absolute Gasteiger partial charge is 0.495 e. The van der Waals surface area contributed by atoms with Crippen molar-refractivity contribution < 1.29 is 36.7 Å². The third kappa shape index (κ3) is 4.98. The van der Waals surface area contributed by atoms with Crippen LogP contribution in [0.25, 0.3) is 6.08 Å². The van der Waals surface area contributed by atoms with E-state index in [0.717, 1.165) is 12.1 Å². The van der Waals surface area contributed by atoms with Gasteiger partial charge in [0.15, 0.2) is 3.77 Å². The number of benzene rings is 1. The average Bonchev–Trinajstić information content (AvgIpc) is 3.19. The number of imide groups is 1. The van der Waals surface area contributed by atoms with E-state index in [-0.39, 0.29) is 16.3 Å². The molecule has 1 aliphatic rings. The Balaban J connectivity index is 1.74. The molecule has 1 aromatic carbocycles. The first-order valence-corrected chi connectivity index (χ1v) is 10.0. The summed E-state index contributed by atoms with van der Waals surface area (Å²) in [4.78, 5) is 37.6. The molecule has 30 heavy (non-hydrogen) atoms. The van der Waals surface area contributed by atoms with Gasteiger partial charge in [-0.15, -0.1) is 0 Å². The number of methoxy groups -OCH3 is 1. The fraction of sp³-hybridized carbons (Fsp3) is 0.167. The van der Waals surface area contributed by atoms with Gasteiger partial charge in [-0.3, -0.25) is 19.3 Å². The molecular weight excluding hydrogens is 540 g/mol. The third-order valence-electron chi connectivity index (χ3n) is 3.84. The van der Waals surface area contributed by atoms with E-state index in [4.69, 9.17) is 9.15 Å². The number of rotatable bonds is 5. The molecule has 1 N–H and O–H groups in total. The van der Waals surface area contributed by atoms with Crippen LogP contribution in [0.1, 0.15) is 11.3 Å². The van der Waals surface area contributed by atoms with E-state index in [0.29, 0.717) is 32.3 Å². The minimum absolute atomic E-state index is 0.00203. The summed E-state index contributed by atoms with van der Waals surface area (Å²) in [6, 6.07) is 5.87. The molecule has 0 aliphatic carbocycles.